The van der Waals surface area contributed by atoms with E-state index in [2.05, 4.69) is 6.58 Å². The molecule has 86 valence electrons. The van der Waals surface area contributed by atoms with Gasteiger partial charge in [-0.05, 0) is 31.5 Å². The Labute approximate surface area is 95.7 Å². The summed E-state index contributed by atoms with van der Waals surface area (Å²) >= 11 is 0. The number of aryl methyl sites for hydroxylation is 1. The summed E-state index contributed by atoms with van der Waals surface area (Å²) in [6, 6.07) is 7.71. The molecule has 3 nitrogen and oxygen atoms in total. The molecule has 1 aromatic rings. The van der Waals surface area contributed by atoms with Crippen LogP contribution in [0.2, 0.25) is 0 Å². The van der Waals surface area contributed by atoms with Gasteiger partial charge >= 0.3 is 5.97 Å². The third kappa shape index (κ3) is 4.17. The molecule has 0 saturated carbocycles. The minimum atomic E-state index is -0.382. The van der Waals surface area contributed by atoms with Crippen LogP contribution in [0.3, 0.4) is 0 Å². The van der Waals surface area contributed by atoms with E-state index in [0.29, 0.717) is 12.2 Å². The number of benzene rings is 1. The van der Waals surface area contributed by atoms with Gasteiger partial charge in [-0.15, -0.1) is 0 Å². The van der Waals surface area contributed by atoms with Crippen molar-refractivity contribution in [2.45, 2.75) is 13.8 Å². The fourth-order valence-electron chi connectivity index (χ4n) is 1.12. The third-order valence-electron chi connectivity index (χ3n) is 1.92. The van der Waals surface area contributed by atoms with E-state index >= 15 is 0 Å². The summed E-state index contributed by atoms with van der Waals surface area (Å²) in [6.45, 7) is 7.68. The Morgan fingerprint density at radius 3 is 2.75 bits per heavy atom. The first-order valence-corrected chi connectivity index (χ1v) is 5.11. The molecule has 0 aromatic heterocycles. The van der Waals surface area contributed by atoms with Gasteiger partial charge in [0.15, 0.2) is 0 Å². The molecule has 0 spiro atoms. The zero-order valence-corrected chi connectivity index (χ0v) is 9.66. The topological polar surface area (TPSA) is 35.5 Å². The van der Waals surface area contributed by atoms with Gasteiger partial charge in [0.1, 0.15) is 19.0 Å². The van der Waals surface area contributed by atoms with E-state index in [1.807, 2.05) is 31.2 Å². The van der Waals surface area contributed by atoms with Crippen molar-refractivity contribution in [3.8, 4) is 5.75 Å². The lowest BCUT2D eigenvalue weighted by Gasteiger charge is -2.07. The summed E-state index contributed by atoms with van der Waals surface area (Å²) in [5.74, 6) is 0.402. The van der Waals surface area contributed by atoms with Crippen LogP contribution < -0.4 is 4.74 Å². The minimum absolute atomic E-state index is 0.236. The van der Waals surface area contributed by atoms with E-state index in [-0.39, 0.29) is 12.6 Å². The van der Waals surface area contributed by atoms with Crippen molar-refractivity contribution in [3.63, 3.8) is 0 Å². The van der Waals surface area contributed by atoms with Crippen LogP contribution in [0, 0.1) is 6.92 Å². The molecule has 3 heteroatoms. The highest BCUT2D eigenvalue weighted by Gasteiger charge is 2.02. The highest BCUT2D eigenvalue weighted by atomic mass is 16.6. The molecule has 0 atom stereocenters. The van der Waals surface area contributed by atoms with Crippen molar-refractivity contribution in [1.82, 2.24) is 0 Å². The third-order valence-corrected chi connectivity index (χ3v) is 1.92. The number of ether oxygens (including phenoxy) is 2. The lowest BCUT2D eigenvalue weighted by molar-refractivity contribution is -0.139. The second-order valence-electron chi connectivity index (χ2n) is 3.58. The largest absolute Gasteiger partial charge is 0.490 e. The lowest BCUT2D eigenvalue weighted by atomic mass is 10.2. The van der Waals surface area contributed by atoms with Crippen LogP contribution in [0.4, 0.5) is 0 Å². The molecule has 16 heavy (non-hydrogen) atoms. The molecule has 0 radical (unpaired) electrons. The monoisotopic (exact) mass is 220 g/mol. The van der Waals surface area contributed by atoms with Gasteiger partial charge in [-0.2, -0.15) is 0 Å². The molecule has 0 bridgehead atoms. The molecule has 0 heterocycles. The van der Waals surface area contributed by atoms with Crippen LogP contribution in [0.15, 0.2) is 36.4 Å². The fourth-order valence-corrected chi connectivity index (χ4v) is 1.12. The molecule has 0 saturated heterocycles. The maximum atomic E-state index is 11.0. The minimum Gasteiger partial charge on any atom is -0.490 e. The number of hydrogen-bond donors (Lipinski definition) is 0. The first-order chi connectivity index (χ1) is 7.59. The van der Waals surface area contributed by atoms with Crippen LogP contribution in [-0.4, -0.2) is 19.2 Å². The fraction of sp³-hybridized carbons (Fsp3) is 0.308. The van der Waals surface area contributed by atoms with Crippen LogP contribution >= 0.6 is 0 Å². The molecule has 0 amide bonds. The molecular weight excluding hydrogens is 204 g/mol. The van der Waals surface area contributed by atoms with Crippen LogP contribution in [0.1, 0.15) is 12.5 Å². The Bertz CT molecular complexity index is 383. The van der Waals surface area contributed by atoms with Crippen molar-refractivity contribution in [2.24, 2.45) is 0 Å². The van der Waals surface area contributed by atoms with E-state index in [0.717, 1.165) is 11.3 Å². The molecular formula is C13H16O3. The molecule has 0 aliphatic rings. The highest BCUT2D eigenvalue weighted by Crippen LogP contribution is 2.11. The number of esters is 1. The molecule has 1 rings (SSSR count). The van der Waals surface area contributed by atoms with Gasteiger partial charge in [-0.25, -0.2) is 4.79 Å². The Kier molecular flexibility index (Phi) is 4.58. The molecule has 0 aliphatic heterocycles. The van der Waals surface area contributed by atoms with Gasteiger partial charge in [0.05, 0.1) is 0 Å². The number of rotatable bonds is 5. The second kappa shape index (κ2) is 5.95. The maximum absolute atomic E-state index is 11.0. The number of carbonyl (C=O) groups excluding carboxylic acids is 1. The first kappa shape index (κ1) is 12.3. The average Bonchev–Trinajstić information content (AvgIpc) is 2.24. The quantitative estimate of drug-likeness (QED) is 0.434. The molecule has 1 aromatic carbocycles. The maximum Gasteiger partial charge on any atom is 0.333 e. The lowest BCUT2D eigenvalue weighted by Crippen LogP contribution is -2.12. The highest BCUT2D eigenvalue weighted by molar-refractivity contribution is 5.86. The van der Waals surface area contributed by atoms with Crippen molar-refractivity contribution in [1.29, 1.82) is 0 Å². The Hall–Kier alpha value is -1.77. The van der Waals surface area contributed by atoms with Crippen LogP contribution in [-0.2, 0) is 9.53 Å². The first-order valence-electron chi connectivity index (χ1n) is 5.11. The predicted octanol–water partition coefficient (Wildman–Crippen LogP) is 2.49. The molecule has 0 unspecified atom stereocenters. The number of carbonyl (C=O) groups is 1. The predicted molar refractivity (Wildman–Crippen MR) is 62.4 cm³/mol. The van der Waals surface area contributed by atoms with E-state index in [4.69, 9.17) is 9.47 Å². The molecule has 0 fully saturated rings. The summed E-state index contributed by atoms with van der Waals surface area (Å²) < 4.78 is 10.3. The smallest absolute Gasteiger partial charge is 0.333 e. The van der Waals surface area contributed by atoms with Crippen molar-refractivity contribution < 1.29 is 14.3 Å². The van der Waals surface area contributed by atoms with Gasteiger partial charge in [0.2, 0.25) is 0 Å². The van der Waals surface area contributed by atoms with Crippen molar-refractivity contribution in [3.05, 3.63) is 42.0 Å². The summed E-state index contributed by atoms with van der Waals surface area (Å²) in [5, 5.41) is 0. The van der Waals surface area contributed by atoms with Gasteiger partial charge in [-0.3, -0.25) is 0 Å². The van der Waals surface area contributed by atoms with E-state index in [9.17, 15) is 4.79 Å². The Morgan fingerprint density at radius 1 is 1.38 bits per heavy atom. The molecule has 0 aliphatic carbocycles. The standard InChI is InChI=1S/C13H16O3/c1-10(2)13(14)16-8-7-15-12-6-4-5-11(3)9-12/h4-6,9H,1,7-8H2,2-3H3. The van der Waals surface area contributed by atoms with E-state index in [1.54, 1.807) is 6.92 Å². The SMILES string of the molecule is C=C(C)C(=O)OCCOc1cccc(C)c1. The zero-order chi connectivity index (χ0) is 12.0. The van der Waals surface area contributed by atoms with Crippen molar-refractivity contribution in [2.75, 3.05) is 13.2 Å². The Balaban J connectivity index is 2.26. The normalized spacial score (nSPS) is 9.62. The van der Waals surface area contributed by atoms with Gasteiger partial charge < -0.3 is 9.47 Å². The number of hydrogen-bond acceptors (Lipinski definition) is 3. The van der Waals surface area contributed by atoms with E-state index < -0.39 is 0 Å². The zero-order valence-electron chi connectivity index (χ0n) is 9.66. The van der Waals surface area contributed by atoms with Gasteiger partial charge in [0.25, 0.3) is 0 Å². The average molecular weight is 220 g/mol. The van der Waals surface area contributed by atoms with Crippen molar-refractivity contribution >= 4 is 5.97 Å². The van der Waals surface area contributed by atoms with Crippen LogP contribution in [0.5, 0.6) is 5.75 Å². The summed E-state index contributed by atoms with van der Waals surface area (Å²) in [6.07, 6.45) is 0. The molecule has 0 N–H and O–H groups in total. The second-order valence-corrected chi connectivity index (χ2v) is 3.58. The van der Waals surface area contributed by atoms with Crippen LogP contribution in [0.25, 0.3) is 0 Å². The summed E-state index contributed by atoms with van der Waals surface area (Å²) in [7, 11) is 0. The summed E-state index contributed by atoms with van der Waals surface area (Å²) in [5.41, 5.74) is 1.53. The van der Waals surface area contributed by atoms with Gasteiger partial charge in [0, 0.05) is 5.57 Å². The summed E-state index contributed by atoms with van der Waals surface area (Å²) in [4.78, 5) is 11.0. The van der Waals surface area contributed by atoms with E-state index in [1.165, 1.54) is 0 Å². The van der Waals surface area contributed by atoms with Gasteiger partial charge in [-0.1, -0.05) is 18.7 Å². The Morgan fingerprint density at radius 2 is 2.12 bits per heavy atom.